The summed E-state index contributed by atoms with van der Waals surface area (Å²) in [4.78, 5) is 0. The Labute approximate surface area is 100.0 Å². The highest BCUT2D eigenvalue weighted by Crippen LogP contribution is 2.34. The highest BCUT2D eigenvalue weighted by Gasteiger charge is 2.30. The summed E-state index contributed by atoms with van der Waals surface area (Å²) in [5.74, 6) is 3.67. The largest absolute Gasteiger partial charge is 0.473 e. The van der Waals surface area contributed by atoms with E-state index in [1.54, 1.807) is 0 Å². The molecular weight excluding hydrogens is 220 g/mol. The second-order valence-electron chi connectivity index (χ2n) is 4.62. The molecule has 0 radical (unpaired) electrons. The number of fused-ring (bicyclic) bond motifs is 1. The van der Waals surface area contributed by atoms with E-state index >= 15 is 0 Å². The molecule has 0 spiro atoms. The number of ether oxygens (including phenoxy) is 1. The summed E-state index contributed by atoms with van der Waals surface area (Å²) in [5.41, 5.74) is 2.47. The van der Waals surface area contributed by atoms with Crippen molar-refractivity contribution >= 4 is 11.8 Å². The van der Waals surface area contributed by atoms with Gasteiger partial charge in [-0.3, -0.25) is 0 Å². The second-order valence-corrected chi connectivity index (χ2v) is 5.72. The number of rotatable bonds is 3. The Kier molecular flexibility index (Phi) is 2.75. The quantitative estimate of drug-likeness (QED) is 0.807. The minimum Gasteiger partial charge on any atom is -0.473 e. The molecule has 1 aromatic heterocycles. The zero-order valence-electron chi connectivity index (χ0n) is 9.48. The number of aromatic nitrogens is 2. The normalized spacial score (nSPS) is 21.3. The fourth-order valence-corrected chi connectivity index (χ4v) is 2.98. The van der Waals surface area contributed by atoms with Gasteiger partial charge >= 0.3 is 0 Å². The van der Waals surface area contributed by atoms with Crippen molar-refractivity contribution in [2.24, 2.45) is 5.92 Å². The van der Waals surface area contributed by atoms with Crippen LogP contribution in [0.1, 0.15) is 31.0 Å². The van der Waals surface area contributed by atoms with Crippen LogP contribution in [-0.4, -0.2) is 22.1 Å². The van der Waals surface area contributed by atoms with E-state index < -0.39 is 0 Å². The van der Waals surface area contributed by atoms with Gasteiger partial charge in [-0.2, -0.15) is 16.9 Å². The van der Waals surface area contributed by atoms with Gasteiger partial charge in [0, 0.05) is 18.2 Å². The third-order valence-electron chi connectivity index (χ3n) is 3.27. The molecular formula is C12H16N2OS. The first kappa shape index (κ1) is 10.4. The number of hydrogen-bond donors (Lipinski definition) is 0. The molecule has 2 aliphatic rings. The molecule has 3 rings (SSSR count). The maximum Gasteiger partial charge on any atom is 0.233 e. The van der Waals surface area contributed by atoms with Crippen LogP contribution in [0.4, 0.5) is 0 Å². The summed E-state index contributed by atoms with van der Waals surface area (Å²) in [6.45, 7) is 2.13. The average molecular weight is 236 g/mol. The van der Waals surface area contributed by atoms with Crippen molar-refractivity contribution in [1.29, 1.82) is 0 Å². The zero-order chi connectivity index (χ0) is 11.0. The van der Waals surface area contributed by atoms with Crippen molar-refractivity contribution in [1.82, 2.24) is 10.2 Å². The molecule has 1 unspecified atom stereocenters. The Hall–Kier alpha value is -0.770. The fourth-order valence-electron chi connectivity index (χ4n) is 2.03. The zero-order valence-corrected chi connectivity index (χ0v) is 10.3. The van der Waals surface area contributed by atoms with E-state index in [2.05, 4.69) is 23.2 Å². The number of aryl methyl sites for hydroxylation is 1. The molecule has 1 atom stereocenters. The lowest BCUT2D eigenvalue weighted by Crippen LogP contribution is -2.16. The van der Waals surface area contributed by atoms with Crippen molar-refractivity contribution < 1.29 is 4.74 Å². The van der Waals surface area contributed by atoms with Crippen molar-refractivity contribution in [3.8, 4) is 5.88 Å². The highest BCUT2D eigenvalue weighted by atomic mass is 32.2. The molecule has 0 amide bonds. The van der Waals surface area contributed by atoms with Crippen LogP contribution in [0.5, 0.6) is 5.88 Å². The summed E-state index contributed by atoms with van der Waals surface area (Å²) >= 11 is 1.96. The molecule has 1 saturated carbocycles. The van der Waals surface area contributed by atoms with Crippen LogP contribution < -0.4 is 4.74 Å². The first-order valence-electron chi connectivity index (χ1n) is 5.93. The topological polar surface area (TPSA) is 35.0 Å². The number of nitrogens with zero attached hydrogens (tertiary/aromatic N) is 2. The molecule has 2 heterocycles. The lowest BCUT2D eigenvalue weighted by atomic mass is 10.2. The van der Waals surface area contributed by atoms with Crippen molar-refractivity contribution in [3.63, 3.8) is 0 Å². The van der Waals surface area contributed by atoms with Crippen LogP contribution in [0.3, 0.4) is 0 Å². The van der Waals surface area contributed by atoms with E-state index in [9.17, 15) is 0 Å². The van der Waals surface area contributed by atoms with Crippen molar-refractivity contribution in [2.45, 2.75) is 38.0 Å². The second kappa shape index (κ2) is 4.24. The molecule has 0 saturated heterocycles. The first-order valence-corrected chi connectivity index (χ1v) is 7.08. The van der Waals surface area contributed by atoms with Crippen LogP contribution in [0.2, 0.25) is 0 Å². The van der Waals surface area contributed by atoms with Crippen LogP contribution >= 0.6 is 11.8 Å². The van der Waals surface area contributed by atoms with Crippen LogP contribution in [0.25, 0.3) is 0 Å². The third kappa shape index (κ3) is 2.17. The van der Waals surface area contributed by atoms with Crippen LogP contribution in [-0.2, 0) is 12.2 Å². The summed E-state index contributed by atoms with van der Waals surface area (Å²) in [6, 6.07) is 2.08. The molecule has 1 aliphatic carbocycles. The fraction of sp³-hybridized carbons (Fsp3) is 0.667. The van der Waals surface area contributed by atoms with Gasteiger partial charge in [0.2, 0.25) is 5.88 Å². The maximum atomic E-state index is 5.82. The van der Waals surface area contributed by atoms with E-state index in [0.717, 1.165) is 23.8 Å². The standard InChI is InChI=1S/C12H16N2OS/c1-8(9-2-3-9)15-12-6-10-7-16-5-4-11(10)13-14-12/h6,8-9H,2-5,7H2,1H3. The van der Waals surface area contributed by atoms with Gasteiger partial charge in [-0.1, -0.05) is 0 Å². The van der Waals surface area contributed by atoms with Gasteiger partial charge in [0.25, 0.3) is 0 Å². The van der Waals surface area contributed by atoms with Crippen LogP contribution in [0.15, 0.2) is 6.07 Å². The van der Waals surface area contributed by atoms with E-state index in [1.165, 1.54) is 24.2 Å². The molecule has 1 aromatic rings. The Morgan fingerprint density at radius 1 is 1.44 bits per heavy atom. The summed E-state index contributed by atoms with van der Waals surface area (Å²) in [7, 11) is 0. The minimum absolute atomic E-state index is 0.295. The molecule has 3 nitrogen and oxygen atoms in total. The molecule has 0 N–H and O–H groups in total. The van der Waals surface area contributed by atoms with E-state index in [0.29, 0.717) is 12.0 Å². The summed E-state index contributed by atoms with van der Waals surface area (Å²) in [5, 5.41) is 8.42. The molecule has 86 valence electrons. The predicted molar refractivity (Wildman–Crippen MR) is 64.7 cm³/mol. The summed E-state index contributed by atoms with van der Waals surface area (Å²) in [6.07, 6.45) is 3.94. The first-order chi connectivity index (χ1) is 7.83. The van der Waals surface area contributed by atoms with E-state index in [4.69, 9.17) is 4.74 Å². The van der Waals surface area contributed by atoms with Crippen molar-refractivity contribution in [2.75, 3.05) is 5.75 Å². The van der Waals surface area contributed by atoms with Gasteiger partial charge in [0.05, 0.1) is 5.69 Å². The van der Waals surface area contributed by atoms with Crippen LogP contribution in [0, 0.1) is 5.92 Å². The molecule has 0 aromatic carbocycles. The number of thioether (sulfide) groups is 1. The lowest BCUT2D eigenvalue weighted by Gasteiger charge is -2.16. The van der Waals surface area contributed by atoms with Gasteiger partial charge < -0.3 is 4.74 Å². The average Bonchev–Trinajstić information content (AvgIpc) is 3.12. The predicted octanol–water partition coefficient (Wildman–Crippen LogP) is 2.44. The maximum absolute atomic E-state index is 5.82. The monoisotopic (exact) mass is 236 g/mol. The van der Waals surface area contributed by atoms with Gasteiger partial charge in [0.15, 0.2) is 0 Å². The molecule has 16 heavy (non-hydrogen) atoms. The molecule has 0 bridgehead atoms. The minimum atomic E-state index is 0.295. The molecule has 4 heteroatoms. The van der Waals surface area contributed by atoms with Crippen molar-refractivity contribution in [3.05, 3.63) is 17.3 Å². The Morgan fingerprint density at radius 2 is 2.31 bits per heavy atom. The van der Waals surface area contributed by atoms with E-state index in [-0.39, 0.29) is 0 Å². The Morgan fingerprint density at radius 3 is 3.12 bits per heavy atom. The van der Waals surface area contributed by atoms with E-state index in [1.807, 2.05) is 11.8 Å². The smallest absolute Gasteiger partial charge is 0.233 e. The molecule has 1 fully saturated rings. The Bertz CT molecular complexity index is 393. The highest BCUT2D eigenvalue weighted by molar-refractivity contribution is 7.98. The lowest BCUT2D eigenvalue weighted by molar-refractivity contribution is 0.187. The van der Waals surface area contributed by atoms with Gasteiger partial charge in [0.1, 0.15) is 6.10 Å². The van der Waals surface area contributed by atoms with Gasteiger partial charge in [-0.05, 0) is 37.0 Å². The van der Waals surface area contributed by atoms with Gasteiger partial charge in [-0.25, -0.2) is 0 Å². The Balaban J connectivity index is 1.74. The SMILES string of the molecule is CC(Oc1cc2c(nn1)CCSC2)C1CC1. The third-order valence-corrected chi connectivity index (χ3v) is 4.28. The number of hydrogen-bond acceptors (Lipinski definition) is 4. The summed E-state index contributed by atoms with van der Waals surface area (Å²) < 4.78 is 5.82. The van der Waals surface area contributed by atoms with Gasteiger partial charge in [-0.15, -0.1) is 5.10 Å². The molecule has 1 aliphatic heterocycles.